The summed E-state index contributed by atoms with van der Waals surface area (Å²) in [5, 5.41) is 9.52. The fourth-order valence-corrected chi connectivity index (χ4v) is 3.02. The Kier molecular flexibility index (Phi) is 8.67. The smallest absolute Gasteiger partial charge is 0.155 e. The molecule has 4 rings (SSSR count). The summed E-state index contributed by atoms with van der Waals surface area (Å²) in [5.41, 5.74) is 5.61. The van der Waals surface area contributed by atoms with Gasteiger partial charge in [0.1, 0.15) is 0 Å². The Hall–Kier alpha value is -3.07. The van der Waals surface area contributed by atoms with Gasteiger partial charge in [-0.2, -0.15) is 0 Å². The van der Waals surface area contributed by atoms with Crippen LogP contribution in [0.25, 0.3) is 33.2 Å². The van der Waals surface area contributed by atoms with Gasteiger partial charge in [-0.1, -0.05) is 71.3 Å². The van der Waals surface area contributed by atoms with Crippen LogP contribution >= 0.6 is 0 Å². The summed E-state index contributed by atoms with van der Waals surface area (Å²) in [6.45, 7) is 2.85. The van der Waals surface area contributed by atoms with Crippen LogP contribution in [0.3, 0.4) is 0 Å². The van der Waals surface area contributed by atoms with E-state index in [9.17, 15) is 4.79 Å². The third kappa shape index (κ3) is 6.21. The Morgan fingerprint density at radius 2 is 1.63 bits per heavy atom. The van der Waals surface area contributed by atoms with Crippen LogP contribution in [0.15, 0.2) is 96.9 Å². The molecule has 30 heavy (non-hydrogen) atoms. The summed E-state index contributed by atoms with van der Waals surface area (Å²) in [6, 6.07) is 30.4. The van der Waals surface area contributed by atoms with Crippen molar-refractivity contribution in [2.75, 3.05) is 0 Å². The average Bonchev–Trinajstić information content (AvgIpc) is 2.74. The zero-order valence-electron chi connectivity index (χ0n) is 16.8. The van der Waals surface area contributed by atoms with E-state index in [1.807, 2.05) is 24.4 Å². The van der Waals surface area contributed by atoms with Gasteiger partial charge in [-0.05, 0) is 25.3 Å². The second-order valence-corrected chi connectivity index (χ2v) is 6.63. The van der Waals surface area contributed by atoms with E-state index in [1.54, 1.807) is 0 Å². The standard InChI is InChI=1S/C21H14N.C5H8O2.Ir/c1-2-6-16(7-3-1)17-11-13-18(14-12-17)20-10-4-8-19-9-5-15-22-21(19)20;1-4(6)3-5(2)7;/h1-13,15H;3,6H,1-2H3;/q-1;;/b;4-3-;. The van der Waals surface area contributed by atoms with Crippen LogP contribution in [0.5, 0.6) is 0 Å². The first-order chi connectivity index (χ1) is 14.0. The molecule has 0 amide bonds. The van der Waals surface area contributed by atoms with Crippen LogP contribution in [-0.4, -0.2) is 15.9 Å². The molecule has 1 radical (unpaired) electrons. The predicted molar refractivity (Wildman–Crippen MR) is 119 cm³/mol. The van der Waals surface area contributed by atoms with Crippen molar-refractivity contribution in [2.24, 2.45) is 0 Å². The molecule has 0 aliphatic heterocycles. The topological polar surface area (TPSA) is 50.2 Å². The molecule has 1 N–H and O–H groups in total. The van der Waals surface area contributed by atoms with Crippen LogP contribution in [0.1, 0.15) is 13.8 Å². The molecule has 0 bridgehead atoms. The molecule has 0 fully saturated rings. The van der Waals surface area contributed by atoms with Gasteiger partial charge in [0, 0.05) is 37.9 Å². The van der Waals surface area contributed by atoms with Crippen molar-refractivity contribution >= 4 is 16.7 Å². The van der Waals surface area contributed by atoms with Gasteiger partial charge in [0.05, 0.1) is 5.76 Å². The number of nitrogens with zero attached hydrogens (tertiary/aromatic N) is 1. The molecule has 0 saturated carbocycles. The second kappa shape index (κ2) is 11.2. The molecule has 0 spiro atoms. The number of carbonyl (C=O) groups excluding carboxylic acids is 1. The molecule has 1 heterocycles. The zero-order chi connectivity index (χ0) is 20.6. The molecule has 0 atom stereocenters. The van der Waals surface area contributed by atoms with Crippen molar-refractivity contribution in [3.63, 3.8) is 0 Å². The van der Waals surface area contributed by atoms with E-state index in [2.05, 4.69) is 71.7 Å². The van der Waals surface area contributed by atoms with Crippen molar-refractivity contribution in [1.29, 1.82) is 0 Å². The summed E-state index contributed by atoms with van der Waals surface area (Å²) < 4.78 is 0. The largest absolute Gasteiger partial charge is 0.512 e. The molecule has 4 heteroatoms. The van der Waals surface area contributed by atoms with Crippen LogP contribution in [0, 0.1) is 6.07 Å². The van der Waals surface area contributed by atoms with E-state index in [-0.39, 0.29) is 31.6 Å². The fraction of sp³-hybridized carbons (Fsp3) is 0.0769. The Labute approximate surface area is 190 Å². The molecular formula is C26H22IrNO2-. The second-order valence-electron chi connectivity index (χ2n) is 6.63. The predicted octanol–water partition coefficient (Wildman–Crippen LogP) is 6.40. The van der Waals surface area contributed by atoms with E-state index < -0.39 is 0 Å². The number of aromatic nitrogens is 1. The maximum absolute atomic E-state index is 10.0. The molecule has 0 aliphatic carbocycles. The molecule has 1 aromatic heterocycles. The summed E-state index contributed by atoms with van der Waals surface area (Å²) in [4.78, 5) is 14.5. The number of hydrogen-bond donors (Lipinski definition) is 1. The van der Waals surface area contributed by atoms with Gasteiger partial charge in [-0.25, -0.2) is 0 Å². The third-order valence-corrected chi connectivity index (χ3v) is 4.25. The van der Waals surface area contributed by atoms with Crippen molar-refractivity contribution < 1.29 is 30.0 Å². The number of aliphatic hydroxyl groups excluding tert-OH is 1. The minimum absolute atomic E-state index is 0. The van der Waals surface area contributed by atoms with Crippen LogP contribution in [-0.2, 0) is 24.9 Å². The third-order valence-electron chi connectivity index (χ3n) is 4.25. The van der Waals surface area contributed by atoms with E-state index >= 15 is 0 Å². The normalized spacial score (nSPS) is 10.5. The molecule has 4 aromatic rings. The number of fused-ring (bicyclic) bond motifs is 1. The molecule has 0 aliphatic rings. The number of allylic oxidation sites excluding steroid dienone is 2. The fourth-order valence-electron chi connectivity index (χ4n) is 3.02. The number of rotatable bonds is 3. The van der Waals surface area contributed by atoms with E-state index in [0.717, 1.165) is 22.0 Å². The molecule has 3 aromatic carbocycles. The van der Waals surface area contributed by atoms with E-state index in [0.29, 0.717) is 0 Å². The minimum Gasteiger partial charge on any atom is -0.512 e. The van der Waals surface area contributed by atoms with Crippen molar-refractivity contribution in [1.82, 2.24) is 4.98 Å². The Morgan fingerprint density at radius 3 is 2.23 bits per heavy atom. The molecule has 0 unspecified atom stereocenters. The van der Waals surface area contributed by atoms with Crippen LogP contribution in [0.4, 0.5) is 0 Å². The summed E-state index contributed by atoms with van der Waals surface area (Å²) in [7, 11) is 0. The number of aliphatic hydroxyl groups is 1. The van der Waals surface area contributed by atoms with E-state index in [4.69, 9.17) is 5.11 Å². The van der Waals surface area contributed by atoms with Crippen molar-refractivity contribution in [2.45, 2.75) is 13.8 Å². The first-order valence-corrected chi connectivity index (χ1v) is 9.33. The number of para-hydroxylation sites is 1. The molecular weight excluding hydrogens is 551 g/mol. The first kappa shape index (κ1) is 23.2. The number of carbonyl (C=O) groups is 1. The number of hydrogen-bond acceptors (Lipinski definition) is 3. The quantitative estimate of drug-likeness (QED) is 0.176. The Bertz CT molecular complexity index is 1130. The average molecular weight is 573 g/mol. The van der Waals surface area contributed by atoms with Gasteiger partial charge in [0.2, 0.25) is 0 Å². The van der Waals surface area contributed by atoms with Gasteiger partial charge in [-0.3, -0.25) is 9.78 Å². The van der Waals surface area contributed by atoms with Gasteiger partial charge < -0.3 is 5.11 Å². The molecule has 3 nitrogen and oxygen atoms in total. The first-order valence-electron chi connectivity index (χ1n) is 9.33. The van der Waals surface area contributed by atoms with Gasteiger partial charge in [0.15, 0.2) is 5.78 Å². The summed E-state index contributed by atoms with van der Waals surface area (Å²) in [6.07, 6.45) is 3.00. The number of pyridine rings is 1. The minimum atomic E-state index is -0.125. The summed E-state index contributed by atoms with van der Waals surface area (Å²) in [5.74, 6) is -0.0625. The van der Waals surface area contributed by atoms with Crippen molar-refractivity contribution in [3.05, 3.63) is 103 Å². The van der Waals surface area contributed by atoms with Crippen LogP contribution in [0.2, 0.25) is 0 Å². The van der Waals surface area contributed by atoms with Crippen LogP contribution < -0.4 is 0 Å². The summed E-state index contributed by atoms with van der Waals surface area (Å²) >= 11 is 0. The van der Waals surface area contributed by atoms with Gasteiger partial charge >= 0.3 is 0 Å². The SMILES string of the molecule is CC(=O)/C=C(/C)O.[Ir].[c-]1cc(-c2ccccc2)ccc1-c1cccc2cccnc12. The molecule has 153 valence electrons. The number of benzene rings is 3. The maximum atomic E-state index is 10.0. The van der Waals surface area contributed by atoms with Gasteiger partial charge in [-0.15, -0.1) is 29.8 Å². The maximum Gasteiger partial charge on any atom is 0.155 e. The van der Waals surface area contributed by atoms with Gasteiger partial charge in [0.25, 0.3) is 0 Å². The monoisotopic (exact) mass is 573 g/mol. The number of ketones is 1. The molecule has 0 saturated heterocycles. The Morgan fingerprint density at radius 1 is 0.900 bits per heavy atom. The zero-order valence-corrected chi connectivity index (χ0v) is 19.2. The Balaban J connectivity index is 0.000000350. The van der Waals surface area contributed by atoms with Crippen molar-refractivity contribution in [3.8, 4) is 22.3 Å². The van der Waals surface area contributed by atoms with E-state index in [1.165, 1.54) is 31.1 Å².